The van der Waals surface area contributed by atoms with E-state index in [1.165, 1.54) is 10.7 Å². The lowest BCUT2D eigenvalue weighted by Crippen LogP contribution is -2.22. The Balaban J connectivity index is 2.76. The molecule has 0 aliphatic heterocycles. The molecule has 0 fully saturated rings. The molecule has 2 aromatic rings. The number of aromatic carboxylic acids is 1. The maximum atomic E-state index is 11.6. The first-order chi connectivity index (χ1) is 8.91. The van der Waals surface area contributed by atoms with Crippen LogP contribution in [0.3, 0.4) is 0 Å². The van der Waals surface area contributed by atoms with E-state index in [4.69, 9.17) is 5.11 Å². The van der Waals surface area contributed by atoms with E-state index < -0.39 is 17.1 Å². The summed E-state index contributed by atoms with van der Waals surface area (Å²) in [7, 11) is 0. The van der Waals surface area contributed by atoms with Crippen LogP contribution in [-0.4, -0.2) is 20.9 Å². The molecule has 5 nitrogen and oxygen atoms in total. The van der Waals surface area contributed by atoms with Crippen molar-refractivity contribution in [2.45, 2.75) is 20.8 Å². The quantitative estimate of drug-likeness (QED) is 0.892. The van der Waals surface area contributed by atoms with Crippen LogP contribution in [0.25, 0.3) is 5.69 Å². The van der Waals surface area contributed by atoms with Gasteiger partial charge in [0.25, 0.3) is 0 Å². The maximum Gasteiger partial charge on any atom is 0.360 e. The average Bonchev–Trinajstić information content (AvgIpc) is 2.33. The molecule has 98 valence electrons. The van der Waals surface area contributed by atoms with Gasteiger partial charge >= 0.3 is 5.97 Å². The van der Waals surface area contributed by atoms with Crippen LogP contribution in [0.2, 0.25) is 0 Å². The number of carbonyl (C=O) groups is 1. The molecule has 0 bridgehead atoms. The number of benzene rings is 1. The second kappa shape index (κ2) is 4.68. The number of hydrogen-bond donors (Lipinski definition) is 1. The number of aryl methyl sites for hydroxylation is 2. The van der Waals surface area contributed by atoms with Gasteiger partial charge in [0, 0.05) is 11.8 Å². The van der Waals surface area contributed by atoms with Crippen LogP contribution in [0.4, 0.5) is 0 Å². The van der Waals surface area contributed by atoms with Crippen molar-refractivity contribution in [3.8, 4) is 5.69 Å². The molecule has 1 N–H and O–H groups in total. The van der Waals surface area contributed by atoms with Crippen molar-refractivity contribution in [2.75, 3.05) is 0 Å². The van der Waals surface area contributed by atoms with Gasteiger partial charge in [-0.15, -0.1) is 0 Å². The Kier molecular flexibility index (Phi) is 3.21. The summed E-state index contributed by atoms with van der Waals surface area (Å²) >= 11 is 0. The fraction of sp³-hybridized carbons (Fsp3) is 0.214. The number of rotatable bonds is 2. The Bertz CT molecular complexity index is 717. The summed E-state index contributed by atoms with van der Waals surface area (Å²) in [5.74, 6) is -1.32. The fourth-order valence-electron chi connectivity index (χ4n) is 1.90. The molecule has 0 unspecified atom stereocenters. The van der Waals surface area contributed by atoms with Crippen molar-refractivity contribution in [1.29, 1.82) is 0 Å². The molecule has 0 spiro atoms. The first kappa shape index (κ1) is 13.0. The summed E-state index contributed by atoms with van der Waals surface area (Å²) < 4.78 is 1.49. The van der Waals surface area contributed by atoms with Gasteiger partial charge in [-0.25, -0.2) is 9.48 Å². The lowest BCUT2D eigenvalue weighted by atomic mass is 10.1. The predicted molar refractivity (Wildman–Crippen MR) is 71.0 cm³/mol. The predicted octanol–water partition coefficient (Wildman–Crippen LogP) is 1.86. The molecule has 0 aliphatic rings. The standard InChI is InChI=1S/C14H14N2O3/c1-8-5-4-6-11(10(8)3)16-9(2)7-12(17)13(15-16)14(18)19/h4-7H,1-3H3,(H,18,19). The maximum absolute atomic E-state index is 11.6. The highest BCUT2D eigenvalue weighted by Gasteiger charge is 2.14. The highest BCUT2D eigenvalue weighted by Crippen LogP contribution is 2.17. The average molecular weight is 258 g/mol. The Labute approximate surface area is 110 Å². The van der Waals surface area contributed by atoms with E-state index in [9.17, 15) is 9.59 Å². The van der Waals surface area contributed by atoms with Crippen LogP contribution in [-0.2, 0) is 0 Å². The van der Waals surface area contributed by atoms with Crippen LogP contribution in [0.15, 0.2) is 29.1 Å². The molecular weight excluding hydrogens is 244 g/mol. The van der Waals surface area contributed by atoms with Crippen molar-refractivity contribution >= 4 is 5.97 Å². The van der Waals surface area contributed by atoms with Gasteiger partial charge in [0.1, 0.15) is 0 Å². The molecule has 1 aromatic heterocycles. The van der Waals surface area contributed by atoms with Gasteiger partial charge in [-0.2, -0.15) is 5.10 Å². The van der Waals surface area contributed by atoms with Crippen molar-refractivity contribution < 1.29 is 9.90 Å². The second-order valence-electron chi connectivity index (χ2n) is 4.43. The van der Waals surface area contributed by atoms with E-state index in [-0.39, 0.29) is 0 Å². The number of nitrogens with zero attached hydrogens (tertiary/aromatic N) is 2. The number of carboxylic acids is 1. The molecule has 0 radical (unpaired) electrons. The van der Waals surface area contributed by atoms with E-state index in [0.29, 0.717) is 5.69 Å². The molecule has 0 saturated carbocycles. The summed E-state index contributed by atoms with van der Waals surface area (Å²) in [6, 6.07) is 6.98. The molecule has 2 rings (SSSR count). The lowest BCUT2D eigenvalue weighted by Gasteiger charge is -2.13. The lowest BCUT2D eigenvalue weighted by molar-refractivity contribution is 0.0686. The Morgan fingerprint density at radius 1 is 1.26 bits per heavy atom. The van der Waals surface area contributed by atoms with Gasteiger partial charge in [0.05, 0.1) is 5.69 Å². The molecule has 1 aromatic carbocycles. The van der Waals surface area contributed by atoms with Crippen molar-refractivity contribution in [3.05, 3.63) is 57.0 Å². The van der Waals surface area contributed by atoms with E-state index in [1.54, 1.807) is 6.92 Å². The zero-order valence-electron chi connectivity index (χ0n) is 11.0. The smallest absolute Gasteiger partial charge is 0.360 e. The van der Waals surface area contributed by atoms with Crippen LogP contribution in [0.1, 0.15) is 27.3 Å². The van der Waals surface area contributed by atoms with Gasteiger partial charge in [0.15, 0.2) is 0 Å². The third-order valence-corrected chi connectivity index (χ3v) is 3.11. The normalized spacial score (nSPS) is 10.5. The number of carboxylic acid groups (broad SMARTS) is 1. The van der Waals surface area contributed by atoms with Gasteiger partial charge in [-0.3, -0.25) is 4.79 Å². The third kappa shape index (κ3) is 2.27. The van der Waals surface area contributed by atoms with E-state index in [2.05, 4.69) is 5.10 Å². The largest absolute Gasteiger partial charge is 0.476 e. The van der Waals surface area contributed by atoms with Crippen LogP contribution >= 0.6 is 0 Å². The number of hydrogen-bond acceptors (Lipinski definition) is 3. The Hall–Kier alpha value is -2.43. The molecule has 5 heteroatoms. The Morgan fingerprint density at radius 2 is 1.95 bits per heavy atom. The zero-order valence-corrected chi connectivity index (χ0v) is 11.0. The summed E-state index contributed by atoms with van der Waals surface area (Å²) in [5, 5.41) is 12.9. The highest BCUT2D eigenvalue weighted by molar-refractivity contribution is 5.84. The third-order valence-electron chi connectivity index (χ3n) is 3.11. The van der Waals surface area contributed by atoms with Gasteiger partial charge in [0.2, 0.25) is 11.1 Å². The zero-order chi connectivity index (χ0) is 14.2. The van der Waals surface area contributed by atoms with Crippen molar-refractivity contribution in [3.63, 3.8) is 0 Å². The van der Waals surface area contributed by atoms with Crippen LogP contribution in [0, 0.1) is 20.8 Å². The molecular formula is C14H14N2O3. The number of aromatic nitrogens is 2. The minimum absolute atomic E-state index is 0.466. The first-order valence-corrected chi connectivity index (χ1v) is 5.82. The van der Waals surface area contributed by atoms with Crippen molar-refractivity contribution in [1.82, 2.24) is 9.78 Å². The van der Waals surface area contributed by atoms with Gasteiger partial charge < -0.3 is 5.11 Å². The summed E-state index contributed by atoms with van der Waals surface area (Å²) in [5.41, 5.74) is 2.41. The van der Waals surface area contributed by atoms with E-state index in [0.717, 1.165) is 16.8 Å². The fourth-order valence-corrected chi connectivity index (χ4v) is 1.90. The van der Waals surface area contributed by atoms with Crippen LogP contribution < -0.4 is 5.43 Å². The molecule has 1 heterocycles. The van der Waals surface area contributed by atoms with E-state index >= 15 is 0 Å². The highest BCUT2D eigenvalue weighted by atomic mass is 16.4. The van der Waals surface area contributed by atoms with Gasteiger partial charge in [-0.05, 0) is 38.0 Å². The van der Waals surface area contributed by atoms with Crippen molar-refractivity contribution in [2.24, 2.45) is 0 Å². The minimum Gasteiger partial charge on any atom is -0.476 e. The SMILES string of the molecule is Cc1cccc(-n2nc(C(=O)O)c(=O)cc2C)c1C. The Morgan fingerprint density at radius 3 is 2.58 bits per heavy atom. The molecule has 0 atom stereocenters. The minimum atomic E-state index is -1.32. The molecule has 0 amide bonds. The molecule has 19 heavy (non-hydrogen) atoms. The first-order valence-electron chi connectivity index (χ1n) is 5.82. The summed E-state index contributed by atoms with van der Waals surface area (Å²) in [4.78, 5) is 22.6. The van der Waals surface area contributed by atoms with Crippen LogP contribution in [0.5, 0.6) is 0 Å². The molecule has 0 saturated heterocycles. The molecule has 0 aliphatic carbocycles. The topological polar surface area (TPSA) is 72.2 Å². The van der Waals surface area contributed by atoms with Gasteiger partial charge in [-0.1, -0.05) is 12.1 Å². The monoisotopic (exact) mass is 258 g/mol. The summed E-state index contributed by atoms with van der Waals surface area (Å²) in [6.07, 6.45) is 0. The summed E-state index contributed by atoms with van der Waals surface area (Å²) in [6.45, 7) is 5.63. The second-order valence-corrected chi connectivity index (χ2v) is 4.43. The van der Waals surface area contributed by atoms with E-state index in [1.807, 2.05) is 32.0 Å².